The lowest BCUT2D eigenvalue weighted by Gasteiger charge is -2.08. The van der Waals surface area contributed by atoms with Crippen molar-refractivity contribution in [1.29, 1.82) is 0 Å². The molecule has 1 rings (SSSR count). The Morgan fingerprint density at radius 3 is 2.75 bits per heavy atom. The highest BCUT2D eigenvalue weighted by atomic mass is 19.1. The molecule has 1 aromatic rings. The topological polar surface area (TPSA) is 33.1 Å². The molecule has 1 atom stereocenters. The third-order valence-corrected chi connectivity index (χ3v) is 1.79. The summed E-state index contributed by atoms with van der Waals surface area (Å²) in [5.41, 5.74) is 2.17. The predicted molar refractivity (Wildman–Crippen MR) is 44.6 cm³/mol. The molecule has 3 heteroatoms. The molecule has 0 aromatic carbocycles. The van der Waals surface area contributed by atoms with E-state index in [1.54, 1.807) is 6.07 Å². The molecular weight excluding hydrogens is 157 g/mol. The van der Waals surface area contributed by atoms with Gasteiger partial charge in [0.25, 0.3) is 0 Å². The van der Waals surface area contributed by atoms with Crippen LogP contribution in [0.4, 0.5) is 4.39 Å². The van der Waals surface area contributed by atoms with E-state index in [0.29, 0.717) is 5.56 Å². The standard InChI is InChI=1S/C9H12FNO/c1-6-3-7(2)11-4-8(6)9(10)5-12/h3-4,9,12H,5H2,1-2H3. The first-order valence-electron chi connectivity index (χ1n) is 3.83. The summed E-state index contributed by atoms with van der Waals surface area (Å²) in [6.07, 6.45) is 0.170. The smallest absolute Gasteiger partial charge is 0.150 e. The molecule has 1 heterocycles. The number of hydrogen-bond donors (Lipinski definition) is 1. The van der Waals surface area contributed by atoms with Crippen LogP contribution in [0.25, 0.3) is 0 Å². The first-order valence-corrected chi connectivity index (χ1v) is 3.83. The maximum atomic E-state index is 13.0. The summed E-state index contributed by atoms with van der Waals surface area (Å²) >= 11 is 0. The van der Waals surface area contributed by atoms with E-state index in [2.05, 4.69) is 4.98 Å². The van der Waals surface area contributed by atoms with Gasteiger partial charge >= 0.3 is 0 Å². The number of aromatic nitrogens is 1. The lowest BCUT2D eigenvalue weighted by atomic mass is 10.1. The Morgan fingerprint density at radius 2 is 2.25 bits per heavy atom. The van der Waals surface area contributed by atoms with Crippen LogP contribution in [0.2, 0.25) is 0 Å². The molecule has 0 aliphatic carbocycles. The second kappa shape index (κ2) is 3.63. The molecule has 0 amide bonds. The maximum absolute atomic E-state index is 13.0. The van der Waals surface area contributed by atoms with Crippen LogP contribution in [-0.4, -0.2) is 16.7 Å². The third-order valence-electron chi connectivity index (χ3n) is 1.79. The quantitative estimate of drug-likeness (QED) is 0.731. The van der Waals surface area contributed by atoms with E-state index in [9.17, 15) is 4.39 Å². The van der Waals surface area contributed by atoms with Crippen molar-refractivity contribution in [1.82, 2.24) is 4.98 Å². The third kappa shape index (κ3) is 1.80. The summed E-state index contributed by atoms with van der Waals surface area (Å²) < 4.78 is 13.0. The van der Waals surface area contributed by atoms with Crippen LogP contribution in [0.1, 0.15) is 23.0 Å². The zero-order valence-electron chi connectivity index (χ0n) is 7.21. The van der Waals surface area contributed by atoms with Gasteiger partial charge < -0.3 is 5.11 Å². The van der Waals surface area contributed by atoms with Crippen molar-refractivity contribution in [2.45, 2.75) is 20.0 Å². The molecule has 0 fully saturated rings. The number of aryl methyl sites for hydroxylation is 2. The highest BCUT2D eigenvalue weighted by molar-refractivity contribution is 5.26. The Bertz CT molecular complexity index is 275. The Hall–Kier alpha value is -0.960. The number of rotatable bonds is 2. The summed E-state index contributed by atoms with van der Waals surface area (Å²) in [7, 11) is 0. The molecule has 0 aliphatic rings. The van der Waals surface area contributed by atoms with Gasteiger partial charge in [-0.3, -0.25) is 4.98 Å². The van der Waals surface area contributed by atoms with Gasteiger partial charge in [-0.25, -0.2) is 4.39 Å². The number of nitrogens with zero attached hydrogens (tertiary/aromatic N) is 1. The first kappa shape index (κ1) is 9.13. The molecule has 2 nitrogen and oxygen atoms in total. The average Bonchev–Trinajstić information content (AvgIpc) is 2.03. The number of aliphatic hydroxyl groups is 1. The van der Waals surface area contributed by atoms with Crippen LogP contribution in [0.5, 0.6) is 0 Å². The van der Waals surface area contributed by atoms with E-state index < -0.39 is 12.8 Å². The maximum Gasteiger partial charge on any atom is 0.150 e. The van der Waals surface area contributed by atoms with Crippen LogP contribution >= 0.6 is 0 Å². The predicted octanol–water partition coefficient (Wildman–Crippen LogP) is 1.70. The molecule has 1 N–H and O–H groups in total. The Balaban J connectivity index is 3.01. The Labute approximate surface area is 71.1 Å². The molecule has 0 saturated heterocycles. The minimum absolute atomic E-state index is 0.475. The summed E-state index contributed by atoms with van der Waals surface area (Å²) in [5, 5.41) is 8.58. The van der Waals surface area contributed by atoms with Crippen molar-refractivity contribution in [3.05, 3.63) is 29.1 Å². The van der Waals surface area contributed by atoms with Crippen molar-refractivity contribution in [2.24, 2.45) is 0 Å². The SMILES string of the molecule is Cc1cc(C)c(C(F)CO)cn1. The van der Waals surface area contributed by atoms with Crippen molar-refractivity contribution in [2.75, 3.05) is 6.61 Å². The van der Waals surface area contributed by atoms with E-state index in [1.807, 2.05) is 13.8 Å². The largest absolute Gasteiger partial charge is 0.393 e. The lowest BCUT2D eigenvalue weighted by molar-refractivity contribution is 0.179. The van der Waals surface area contributed by atoms with E-state index in [0.717, 1.165) is 11.3 Å². The first-order chi connectivity index (χ1) is 5.65. The normalized spacial score (nSPS) is 13.0. The van der Waals surface area contributed by atoms with E-state index >= 15 is 0 Å². The molecule has 1 aromatic heterocycles. The molecule has 0 radical (unpaired) electrons. The van der Waals surface area contributed by atoms with Gasteiger partial charge in [0.2, 0.25) is 0 Å². The van der Waals surface area contributed by atoms with E-state index in [1.165, 1.54) is 6.20 Å². The molecule has 12 heavy (non-hydrogen) atoms. The molecular formula is C9H12FNO. The average molecular weight is 169 g/mol. The number of hydrogen-bond acceptors (Lipinski definition) is 2. The number of halogens is 1. The Morgan fingerprint density at radius 1 is 1.58 bits per heavy atom. The van der Waals surface area contributed by atoms with Crippen molar-refractivity contribution in [3.63, 3.8) is 0 Å². The van der Waals surface area contributed by atoms with Crippen LogP contribution in [0, 0.1) is 13.8 Å². The number of alkyl halides is 1. The second-order valence-corrected chi connectivity index (χ2v) is 2.83. The van der Waals surface area contributed by atoms with Gasteiger partial charge in [0, 0.05) is 17.5 Å². The van der Waals surface area contributed by atoms with Gasteiger partial charge in [-0.1, -0.05) is 0 Å². The highest BCUT2D eigenvalue weighted by Crippen LogP contribution is 2.19. The number of pyridine rings is 1. The molecule has 1 unspecified atom stereocenters. The van der Waals surface area contributed by atoms with Gasteiger partial charge in [0.1, 0.15) is 6.17 Å². The zero-order chi connectivity index (χ0) is 9.14. The van der Waals surface area contributed by atoms with Gasteiger partial charge in [-0.15, -0.1) is 0 Å². The summed E-state index contributed by atoms with van der Waals surface area (Å²) in [4.78, 5) is 3.96. The fourth-order valence-corrected chi connectivity index (χ4v) is 1.13. The number of aliphatic hydroxyl groups excluding tert-OH is 1. The van der Waals surface area contributed by atoms with Crippen LogP contribution in [0.3, 0.4) is 0 Å². The minimum atomic E-state index is -1.31. The fourth-order valence-electron chi connectivity index (χ4n) is 1.13. The fraction of sp³-hybridized carbons (Fsp3) is 0.444. The second-order valence-electron chi connectivity index (χ2n) is 2.83. The lowest BCUT2D eigenvalue weighted by Crippen LogP contribution is -2.01. The van der Waals surface area contributed by atoms with E-state index in [-0.39, 0.29) is 0 Å². The van der Waals surface area contributed by atoms with Crippen molar-refractivity contribution < 1.29 is 9.50 Å². The van der Waals surface area contributed by atoms with Crippen LogP contribution in [-0.2, 0) is 0 Å². The summed E-state index contributed by atoms with van der Waals surface area (Å²) in [6, 6.07) is 1.80. The van der Waals surface area contributed by atoms with Gasteiger partial charge in [0.05, 0.1) is 6.61 Å². The van der Waals surface area contributed by atoms with E-state index in [4.69, 9.17) is 5.11 Å². The highest BCUT2D eigenvalue weighted by Gasteiger charge is 2.10. The van der Waals surface area contributed by atoms with Crippen molar-refractivity contribution in [3.8, 4) is 0 Å². The molecule has 66 valence electrons. The summed E-state index contributed by atoms with van der Waals surface area (Å²) in [5.74, 6) is 0. The monoisotopic (exact) mass is 169 g/mol. The minimum Gasteiger partial charge on any atom is -0.393 e. The zero-order valence-corrected chi connectivity index (χ0v) is 7.21. The van der Waals surface area contributed by atoms with Gasteiger partial charge in [-0.05, 0) is 25.5 Å². The van der Waals surface area contributed by atoms with Crippen LogP contribution in [0.15, 0.2) is 12.3 Å². The van der Waals surface area contributed by atoms with Gasteiger partial charge in [-0.2, -0.15) is 0 Å². The van der Waals surface area contributed by atoms with Gasteiger partial charge in [0.15, 0.2) is 0 Å². The molecule has 0 saturated carbocycles. The van der Waals surface area contributed by atoms with Crippen molar-refractivity contribution >= 4 is 0 Å². The molecule has 0 aliphatic heterocycles. The Kier molecular flexibility index (Phi) is 2.76. The summed E-state index contributed by atoms with van der Waals surface area (Å²) in [6.45, 7) is 3.18. The molecule has 0 spiro atoms. The molecule has 0 bridgehead atoms. The van der Waals surface area contributed by atoms with Crippen LogP contribution < -0.4 is 0 Å².